The summed E-state index contributed by atoms with van der Waals surface area (Å²) in [5.41, 5.74) is 3.74. The average Bonchev–Trinajstić information content (AvgIpc) is 2.62. The Morgan fingerprint density at radius 1 is 0.591 bits per heavy atom. The Bertz CT molecular complexity index is 792. The molecule has 0 saturated carbocycles. The van der Waals surface area contributed by atoms with Crippen LogP contribution in [-0.4, -0.2) is 19.9 Å². The van der Waals surface area contributed by atoms with Gasteiger partial charge in [0, 0.05) is 11.1 Å². The third-order valence-electron chi connectivity index (χ3n) is 3.01. The molecule has 0 aliphatic carbocycles. The van der Waals surface area contributed by atoms with Crippen molar-refractivity contribution in [2.45, 2.75) is 0 Å². The van der Waals surface area contributed by atoms with Gasteiger partial charge in [0.05, 0.1) is 36.2 Å². The van der Waals surface area contributed by atoms with Crippen molar-refractivity contribution in [2.75, 3.05) is 0 Å². The van der Waals surface area contributed by atoms with E-state index in [9.17, 15) is 0 Å². The lowest BCUT2D eigenvalue weighted by molar-refractivity contribution is 1.16. The second kappa shape index (κ2) is 5.78. The monoisotopic (exact) mass is 284 g/mol. The van der Waals surface area contributed by atoms with Gasteiger partial charge in [0.2, 0.25) is 0 Å². The normalized spacial score (nSPS) is 9.73. The molecular weight excluding hydrogens is 276 g/mol. The highest BCUT2D eigenvalue weighted by atomic mass is 14.8. The second-order valence-corrected chi connectivity index (χ2v) is 4.37. The maximum absolute atomic E-state index is 8.71. The third-order valence-corrected chi connectivity index (χ3v) is 3.01. The van der Waals surface area contributed by atoms with Crippen LogP contribution in [0.25, 0.3) is 22.5 Å². The van der Waals surface area contributed by atoms with Crippen LogP contribution in [-0.2, 0) is 0 Å². The van der Waals surface area contributed by atoms with Crippen LogP contribution in [0.2, 0.25) is 0 Å². The Hall–Kier alpha value is -3.64. The van der Waals surface area contributed by atoms with E-state index in [2.05, 4.69) is 19.9 Å². The minimum atomic E-state index is 0.285. The molecular formula is C16H8N6. The molecule has 0 bridgehead atoms. The van der Waals surface area contributed by atoms with Crippen molar-refractivity contribution in [1.29, 1.82) is 10.5 Å². The van der Waals surface area contributed by atoms with Crippen LogP contribution >= 0.6 is 0 Å². The van der Waals surface area contributed by atoms with Gasteiger partial charge in [-0.25, -0.2) is 9.97 Å². The fourth-order valence-corrected chi connectivity index (χ4v) is 1.88. The number of nitrogens with zero attached hydrogens (tertiary/aromatic N) is 6. The van der Waals surface area contributed by atoms with E-state index in [1.165, 1.54) is 12.4 Å². The van der Waals surface area contributed by atoms with Crippen molar-refractivity contribution in [3.8, 4) is 34.7 Å². The molecule has 0 amide bonds. The van der Waals surface area contributed by atoms with Crippen LogP contribution in [0.3, 0.4) is 0 Å². The molecule has 0 aliphatic heterocycles. The number of hydrogen-bond donors (Lipinski definition) is 0. The number of nitriles is 2. The average molecular weight is 284 g/mol. The van der Waals surface area contributed by atoms with E-state index in [1.54, 1.807) is 12.4 Å². The van der Waals surface area contributed by atoms with Gasteiger partial charge in [-0.05, 0) is 0 Å². The van der Waals surface area contributed by atoms with Gasteiger partial charge in [-0.15, -0.1) is 0 Å². The maximum atomic E-state index is 8.71. The Kier molecular flexibility index (Phi) is 3.51. The Balaban J connectivity index is 1.88. The molecule has 1 aromatic carbocycles. The van der Waals surface area contributed by atoms with Crippen molar-refractivity contribution >= 4 is 0 Å². The van der Waals surface area contributed by atoms with Crippen LogP contribution in [0.1, 0.15) is 11.4 Å². The van der Waals surface area contributed by atoms with E-state index in [-0.39, 0.29) is 11.4 Å². The summed E-state index contributed by atoms with van der Waals surface area (Å²) in [6, 6.07) is 11.4. The maximum Gasteiger partial charge on any atom is 0.158 e. The third kappa shape index (κ3) is 2.62. The van der Waals surface area contributed by atoms with Gasteiger partial charge in [-0.1, -0.05) is 24.3 Å². The number of rotatable bonds is 2. The van der Waals surface area contributed by atoms with Crippen molar-refractivity contribution in [3.63, 3.8) is 0 Å². The lowest BCUT2D eigenvalue weighted by Gasteiger charge is -2.03. The standard InChI is InChI=1S/C16H8N6/c17-5-13-7-21-15(9-19-13)11-1-2-12(4-3-11)16-10-20-14(6-18)8-22-16/h1-4,7-10H. The summed E-state index contributed by atoms with van der Waals surface area (Å²) in [7, 11) is 0. The first-order chi connectivity index (χ1) is 10.8. The fraction of sp³-hybridized carbons (Fsp3) is 0. The number of aromatic nitrogens is 4. The predicted molar refractivity (Wildman–Crippen MR) is 77.9 cm³/mol. The van der Waals surface area contributed by atoms with Crippen LogP contribution in [0.15, 0.2) is 49.1 Å². The molecule has 0 radical (unpaired) electrons. The number of hydrogen-bond acceptors (Lipinski definition) is 6. The van der Waals surface area contributed by atoms with Crippen LogP contribution in [0.5, 0.6) is 0 Å². The second-order valence-electron chi connectivity index (χ2n) is 4.37. The SMILES string of the molecule is N#Cc1cnc(-c2ccc(-c3cnc(C#N)cn3)cc2)cn1. The zero-order valence-corrected chi connectivity index (χ0v) is 11.3. The lowest BCUT2D eigenvalue weighted by atomic mass is 10.1. The molecule has 0 unspecified atom stereocenters. The summed E-state index contributed by atoms with van der Waals surface area (Å²) in [5.74, 6) is 0. The number of benzene rings is 1. The van der Waals surface area contributed by atoms with Gasteiger partial charge < -0.3 is 0 Å². The molecule has 3 rings (SSSR count). The zero-order valence-electron chi connectivity index (χ0n) is 11.3. The quantitative estimate of drug-likeness (QED) is 0.716. The zero-order chi connectivity index (χ0) is 15.4. The first-order valence-electron chi connectivity index (χ1n) is 6.35. The van der Waals surface area contributed by atoms with E-state index in [4.69, 9.17) is 10.5 Å². The van der Waals surface area contributed by atoms with Gasteiger partial charge in [-0.2, -0.15) is 10.5 Å². The topological polar surface area (TPSA) is 99.1 Å². The minimum absolute atomic E-state index is 0.285. The molecule has 6 heteroatoms. The van der Waals surface area contributed by atoms with Gasteiger partial charge in [0.25, 0.3) is 0 Å². The molecule has 0 atom stereocenters. The Morgan fingerprint density at radius 2 is 1.00 bits per heavy atom. The van der Waals surface area contributed by atoms with E-state index >= 15 is 0 Å². The first-order valence-corrected chi connectivity index (χ1v) is 6.35. The highest BCUT2D eigenvalue weighted by Crippen LogP contribution is 2.21. The molecule has 0 fully saturated rings. The Labute approximate surface area is 126 Å². The van der Waals surface area contributed by atoms with Gasteiger partial charge in [0.15, 0.2) is 11.4 Å². The van der Waals surface area contributed by atoms with Crippen molar-refractivity contribution in [2.24, 2.45) is 0 Å². The highest BCUT2D eigenvalue weighted by molar-refractivity contribution is 5.65. The molecule has 0 N–H and O–H groups in total. The minimum Gasteiger partial charge on any atom is -0.252 e. The molecule has 2 heterocycles. The van der Waals surface area contributed by atoms with Gasteiger partial charge in [-0.3, -0.25) is 9.97 Å². The molecule has 6 nitrogen and oxygen atoms in total. The van der Waals surface area contributed by atoms with E-state index in [0.717, 1.165) is 11.1 Å². The van der Waals surface area contributed by atoms with Gasteiger partial charge in [0.1, 0.15) is 12.1 Å². The summed E-state index contributed by atoms with van der Waals surface area (Å²) in [5, 5.41) is 17.4. The van der Waals surface area contributed by atoms with E-state index in [0.29, 0.717) is 11.4 Å². The largest absolute Gasteiger partial charge is 0.252 e. The first kappa shape index (κ1) is 13.3. The molecule has 0 aliphatic rings. The molecule has 2 aromatic heterocycles. The lowest BCUT2D eigenvalue weighted by Crippen LogP contribution is -1.90. The molecule has 0 spiro atoms. The van der Waals surface area contributed by atoms with Crippen LogP contribution in [0, 0.1) is 22.7 Å². The fourth-order valence-electron chi connectivity index (χ4n) is 1.88. The van der Waals surface area contributed by atoms with Crippen molar-refractivity contribution in [1.82, 2.24) is 19.9 Å². The highest BCUT2D eigenvalue weighted by Gasteiger charge is 2.04. The summed E-state index contributed by atoms with van der Waals surface area (Å²) in [6.07, 6.45) is 6.01. The van der Waals surface area contributed by atoms with Crippen LogP contribution < -0.4 is 0 Å². The Morgan fingerprint density at radius 3 is 1.27 bits per heavy atom. The van der Waals surface area contributed by atoms with Gasteiger partial charge >= 0.3 is 0 Å². The van der Waals surface area contributed by atoms with Crippen molar-refractivity contribution < 1.29 is 0 Å². The summed E-state index contributed by atoms with van der Waals surface area (Å²) in [6.45, 7) is 0. The smallest absolute Gasteiger partial charge is 0.158 e. The van der Waals surface area contributed by atoms with Crippen LogP contribution in [0.4, 0.5) is 0 Å². The molecule has 22 heavy (non-hydrogen) atoms. The summed E-state index contributed by atoms with van der Waals surface area (Å²) < 4.78 is 0. The summed E-state index contributed by atoms with van der Waals surface area (Å²) >= 11 is 0. The van der Waals surface area contributed by atoms with E-state index in [1.807, 2.05) is 36.4 Å². The van der Waals surface area contributed by atoms with E-state index < -0.39 is 0 Å². The molecule has 3 aromatic rings. The van der Waals surface area contributed by atoms with Crippen molar-refractivity contribution in [3.05, 3.63) is 60.4 Å². The molecule has 0 saturated heterocycles. The summed E-state index contributed by atoms with van der Waals surface area (Å²) in [4.78, 5) is 16.4. The predicted octanol–water partition coefficient (Wildman–Crippen LogP) is 2.34. The molecule has 102 valence electrons.